The van der Waals surface area contributed by atoms with Gasteiger partial charge >= 0.3 is 6.18 Å². The van der Waals surface area contributed by atoms with E-state index in [4.69, 9.17) is 5.73 Å². The third kappa shape index (κ3) is 1.22. The minimum atomic E-state index is -3.98. The summed E-state index contributed by atoms with van der Waals surface area (Å²) in [5, 5.41) is 0. The van der Waals surface area contributed by atoms with Crippen molar-refractivity contribution in [3.05, 3.63) is 0 Å². The van der Waals surface area contributed by atoms with Crippen LogP contribution < -0.4 is 5.73 Å². The lowest BCUT2D eigenvalue weighted by Crippen LogP contribution is -2.54. The van der Waals surface area contributed by atoms with Gasteiger partial charge in [-0.2, -0.15) is 13.2 Å². The lowest BCUT2D eigenvalue weighted by Gasteiger charge is -2.57. The first-order valence-electron chi connectivity index (χ1n) is 6.25. The number of fused-ring (bicyclic) bond motifs is 1. The Bertz CT molecular complexity index is 297. The zero-order valence-electron chi connectivity index (χ0n) is 9.26. The second-order valence-corrected chi connectivity index (χ2v) is 5.99. The lowest BCUT2D eigenvalue weighted by atomic mass is 9.48. The standard InChI is InChI=1S/C12H18F3N/c13-12(14,15)10-7-1-2-11(3-4-16)6-8(5-7)9(10)11/h7-10H,1-6,16H2/t7-,8-,9+,10+,11?/m1/s1. The molecule has 0 aromatic carbocycles. The Kier molecular flexibility index (Phi) is 2.14. The number of hydrogen-bond donors (Lipinski definition) is 1. The van der Waals surface area contributed by atoms with Gasteiger partial charge in [0.15, 0.2) is 0 Å². The summed E-state index contributed by atoms with van der Waals surface area (Å²) in [6, 6.07) is 0. The topological polar surface area (TPSA) is 26.0 Å². The minimum Gasteiger partial charge on any atom is -0.330 e. The summed E-state index contributed by atoms with van der Waals surface area (Å²) in [5.74, 6) is -0.824. The molecule has 0 spiro atoms. The van der Waals surface area contributed by atoms with Gasteiger partial charge in [-0.15, -0.1) is 0 Å². The van der Waals surface area contributed by atoms with Crippen LogP contribution in [0.1, 0.15) is 32.1 Å². The molecular formula is C12H18F3N. The first-order chi connectivity index (χ1) is 7.48. The van der Waals surface area contributed by atoms with E-state index in [-0.39, 0.29) is 17.3 Å². The molecule has 16 heavy (non-hydrogen) atoms. The Hall–Kier alpha value is -0.250. The molecule has 0 aromatic heterocycles. The van der Waals surface area contributed by atoms with Crippen LogP contribution in [-0.4, -0.2) is 12.7 Å². The second kappa shape index (κ2) is 3.15. The van der Waals surface area contributed by atoms with Crippen molar-refractivity contribution in [1.29, 1.82) is 0 Å². The molecule has 3 saturated carbocycles. The van der Waals surface area contributed by atoms with Crippen molar-refractivity contribution in [3.63, 3.8) is 0 Å². The number of nitrogens with two attached hydrogens (primary N) is 1. The largest absolute Gasteiger partial charge is 0.392 e. The lowest BCUT2D eigenvalue weighted by molar-refractivity contribution is -0.237. The van der Waals surface area contributed by atoms with Crippen molar-refractivity contribution < 1.29 is 13.2 Å². The third-order valence-electron chi connectivity index (χ3n) is 5.42. The molecule has 5 atom stereocenters. The van der Waals surface area contributed by atoms with Crippen LogP contribution in [0.2, 0.25) is 0 Å². The van der Waals surface area contributed by atoms with Gasteiger partial charge in [-0.25, -0.2) is 0 Å². The van der Waals surface area contributed by atoms with Crippen LogP contribution in [-0.2, 0) is 0 Å². The summed E-state index contributed by atoms with van der Waals surface area (Å²) >= 11 is 0. The summed E-state index contributed by atoms with van der Waals surface area (Å²) in [7, 11) is 0. The van der Waals surface area contributed by atoms with E-state index in [0.717, 1.165) is 32.1 Å². The van der Waals surface area contributed by atoms with Crippen LogP contribution in [0.5, 0.6) is 0 Å². The molecule has 92 valence electrons. The highest BCUT2D eigenvalue weighted by molar-refractivity contribution is 5.14. The SMILES string of the molecule is NCCC12CC[C@@H]3C[C@H](C1)[C@H]2[C@H]3C(F)(F)F. The predicted octanol–water partition coefficient (Wildman–Crippen LogP) is 2.95. The van der Waals surface area contributed by atoms with Gasteiger partial charge in [0.2, 0.25) is 0 Å². The smallest absolute Gasteiger partial charge is 0.330 e. The maximum atomic E-state index is 13.1. The van der Waals surface area contributed by atoms with E-state index in [1.807, 2.05) is 0 Å². The van der Waals surface area contributed by atoms with E-state index >= 15 is 0 Å². The van der Waals surface area contributed by atoms with E-state index in [1.165, 1.54) is 0 Å². The molecule has 0 aromatic rings. The molecule has 0 radical (unpaired) electrons. The monoisotopic (exact) mass is 233 g/mol. The molecule has 1 nitrogen and oxygen atoms in total. The van der Waals surface area contributed by atoms with Crippen LogP contribution in [0, 0.1) is 29.1 Å². The number of rotatable bonds is 2. The fourth-order valence-electron chi connectivity index (χ4n) is 5.05. The van der Waals surface area contributed by atoms with Gasteiger partial charge < -0.3 is 5.73 Å². The third-order valence-corrected chi connectivity index (χ3v) is 5.42. The van der Waals surface area contributed by atoms with Gasteiger partial charge in [0.05, 0.1) is 5.92 Å². The fraction of sp³-hybridized carbons (Fsp3) is 1.00. The molecule has 1 unspecified atom stereocenters. The number of alkyl halides is 3. The van der Waals surface area contributed by atoms with Gasteiger partial charge in [-0.1, -0.05) is 0 Å². The Morgan fingerprint density at radius 2 is 2.00 bits per heavy atom. The number of halogens is 3. The molecule has 3 rings (SSSR count). The molecule has 0 heterocycles. The molecule has 4 heteroatoms. The normalized spacial score (nSPS) is 50.2. The highest BCUT2D eigenvalue weighted by Crippen LogP contribution is 2.73. The number of hydrogen-bond acceptors (Lipinski definition) is 1. The molecule has 3 aliphatic carbocycles. The van der Waals surface area contributed by atoms with Gasteiger partial charge in [0, 0.05) is 0 Å². The summed E-state index contributed by atoms with van der Waals surface area (Å²) in [4.78, 5) is 0. The molecule has 2 N–H and O–H groups in total. The van der Waals surface area contributed by atoms with Crippen LogP contribution in [0.15, 0.2) is 0 Å². The summed E-state index contributed by atoms with van der Waals surface area (Å²) in [5.41, 5.74) is 5.54. The van der Waals surface area contributed by atoms with Crippen molar-refractivity contribution in [2.45, 2.75) is 38.3 Å². The Morgan fingerprint density at radius 1 is 1.25 bits per heavy atom. The second-order valence-electron chi connectivity index (χ2n) is 5.99. The van der Waals surface area contributed by atoms with E-state index < -0.39 is 12.1 Å². The minimum absolute atomic E-state index is 0.0351. The molecule has 0 amide bonds. The fourth-order valence-corrected chi connectivity index (χ4v) is 5.05. The Labute approximate surface area is 93.6 Å². The predicted molar refractivity (Wildman–Crippen MR) is 54.6 cm³/mol. The van der Waals surface area contributed by atoms with Crippen LogP contribution in [0.4, 0.5) is 13.2 Å². The van der Waals surface area contributed by atoms with Gasteiger partial charge in [0.25, 0.3) is 0 Å². The highest BCUT2D eigenvalue weighted by atomic mass is 19.4. The zero-order chi connectivity index (χ0) is 11.6. The van der Waals surface area contributed by atoms with Crippen LogP contribution in [0.3, 0.4) is 0 Å². The van der Waals surface area contributed by atoms with Crippen LogP contribution in [0.25, 0.3) is 0 Å². The van der Waals surface area contributed by atoms with Crippen molar-refractivity contribution in [1.82, 2.24) is 0 Å². The summed E-state index contributed by atoms with van der Waals surface area (Å²) < 4.78 is 39.2. The average Bonchev–Trinajstić information content (AvgIpc) is 2.30. The summed E-state index contributed by atoms with van der Waals surface area (Å²) in [6.07, 6.45) is 0.414. The quantitative estimate of drug-likeness (QED) is 0.779. The molecule has 3 fully saturated rings. The molecule has 0 saturated heterocycles. The average molecular weight is 233 g/mol. The molecule has 2 bridgehead atoms. The Balaban J connectivity index is 1.89. The Morgan fingerprint density at radius 3 is 2.62 bits per heavy atom. The molecule has 3 aliphatic rings. The van der Waals surface area contributed by atoms with Crippen molar-refractivity contribution >= 4 is 0 Å². The van der Waals surface area contributed by atoms with E-state index in [9.17, 15) is 13.2 Å². The van der Waals surface area contributed by atoms with Gasteiger partial charge in [-0.3, -0.25) is 0 Å². The van der Waals surface area contributed by atoms with E-state index in [2.05, 4.69) is 0 Å². The van der Waals surface area contributed by atoms with Crippen molar-refractivity contribution in [2.75, 3.05) is 6.54 Å². The van der Waals surface area contributed by atoms with E-state index in [0.29, 0.717) is 12.5 Å². The first-order valence-corrected chi connectivity index (χ1v) is 6.25. The highest BCUT2D eigenvalue weighted by Gasteiger charge is 2.69. The maximum absolute atomic E-state index is 13.1. The van der Waals surface area contributed by atoms with Crippen LogP contribution >= 0.6 is 0 Å². The first kappa shape index (κ1) is 10.9. The van der Waals surface area contributed by atoms with Crippen molar-refractivity contribution in [2.24, 2.45) is 34.8 Å². The maximum Gasteiger partial charge on any atom is 0.392 e. The van der Waals surface area contributed by atoms with Gasteiger partial charge in [0.1, 0.15) is 0 Å². The molecular weight excluding hydrogens is 215 g/mol. The summed E-state index contributed by atoms with van der Waals surface area (Å²) in [6.45, 7) is 0.540. The zero-order valence-corrected chi connectivity index (χ0v) is 9.26. The molecule has 0 aliphatic heterocycles. The van der Waals surface area contributed by atoms with Crippen molar-refractivity contribution in [3.8, 4) is 0 Å². The van der Waals surface area contributed by atoms with E-state index in [1.54, 1.807) is 0 Å². The van der Waals surface area contributed by atoms with Gasteiger partial charge in [-0.05, 0) is 61.8 Å².